The highest BCUT2D eigenvalue weighted by Gasteiger charge is 2.40. The average molecular weight is 492 g/mol. The van der Waals surface area contributed by atoms with Crippen LogP contribution in [0, 0.1) is 0 Å². The van der Waals surface area contributed by atoms with E-state index in [1.54, 1.807) is 30.3 Å². The van der Waals surface area contributed by atoms with Crippen LogP contribution in [0.3, 0.4) is 0 Å². The molecular formula is C23H33N5O7. The minimum atomic E-state index is -1.42. The predicted octanol–water partition coefficient (Wildman–Crippen LogP) is -1.75. The summed E-state index contributed by atoms with van der Waals surface area (Å²) >= 11 is 0. The molecule has 1 aromatic rings. The number of nitrogens with zero attached hydrogens (tertiary/aromatic N) is 1. The number of benzene rings is 1. The van der Waals surface area contributed by atoms with Crippen molar-refractivity contribution < 1.29 is 34.2 Å². The van der Waals surface area contributed by atoms with E-state index in [9.17, 15) is 34.2 Å². The summed E-state index contributed by atoms with van der Waals surface area (Å²) in [6.45, 7) is 1.49. The zero-order valence-electron chi connectivity index (χ0n) is 19.6. The lowest BCUT2D eigenvalue weighted by molar-refractivity contribution is -0.150. The molecule has 1 aliphatic rings. The normalized spacial score (nSPS) is 18.7. The van der Waals surface area contributed by atoms with Gasteiger partial charge in [0.15, 0.2) is 0 Å². The standard InChI is InChI=1S/C23H33N5O7/c1-13(29)19(22(33)28-11-5-8-17(28)23(34)35)27-21(32)16(12-14-6-3-2-4-7-14)26-20(31)15(24)9-10-18(25)30/h2-4,6-7,13,15-17,19,29H,5,8-12,24H2,1H3,(H2,25,30)(H,26,31)(H,27,32)(H,34,35). The molecule has 0 spiro atoms. The average Bonchev–Trinajstić information content (AvgIpc) is 3.30. The quantitative estimate of drug-likeness (QED) is 0.197. The second-order valence-corrected chi connectivity index (χ2v) is 8.62. The van der Waals surface area contributed by atoms with Crippen molar-refractivity contribution in [3.05, 3.63) is 35.9 Å². The summed E-state index contributed by atoms with van der Waals surface area (Å²) in [6.07, 6.45) is -0.628. The largest absolute Gasteiger partial charge is 0.480 e. The zero-order chi connectivity index (χ0) is 26.1. The van der Waals surface area contributed by atoms with Gasteiger partial charge in [0.1, 0.15) is 18.1 Å². The Hall–Kier alpha value is -3.51. The molecule has 1 aromatic carbocycles. The maximum Gasteiger partial charge on any atom is 0.326 e. The lowest BCUT2D eigenvalue weighted by Gasteiger charge is -2.30. The van der Waals surface area contributed by atoms with Crippen LogP contribution in [0.5, 0.6) is 0 Å². The first-order valence-electron chi connectivity index (χ1n) is 11.4. The van der Waals surface area contributed by atoms with Crippen molar-refractivity contribution in [2.75, 3.05) is 6.54 Å². The van der Waals surface area contributed by atoms with Crippen molar-refractivity contribution >= 4 is 29.6 Å². The van der Waals surface area contributed by atoms with Gasteiger partial charge >= 0.3 is 5.97 Å². The number of carbonyl (C=O) groups is 5. The second-order valence-electron chi connectivity index (χ2n) is 8.62. The number of carbonyl (C=O) groups excluding carboxylic acids is 4. The molecule has 35 heavy (non-hydrogen) atoms. The van der Waals surface area contributed by atoms with Gasteiger partial charge in [-0.05, 0) is 31.7 Å². The second kappa shape index (κ2) is 12.8. The number of amides is 4. The maximum atomic E-state index is 13.2. The van der Waals surface area contributed by atoms with Gasteiger partial charge in [-0.1, -0.05) is 30.3 Å². The SMILES string of the molecule is CC(O)C(NC(=O)C(Cc1ccccc1)NC(=O)C(N)CCC(N)=O)C(=O)N1CCCC1C(=O)O. The van der Waals surface area contributed by atoms with E-state index in [1.165, 1.54) is 6.92 Å². The molecule has 1 saturated heterocycles. The highest BCUT2D eigenvalue weighted by Crippen LogP contribution is 2.19. The third kappa shape index (κ3) is 8.04. The molecule has 192 valence electrons. The van der Waals surface area contributed by atoms with E-state index in [1.807, 2.05) is 0 Å². The molecule has 2 rings (SSSR count). The van der Waals surface area contributed by atoms with E-state index < -0.39 is 59.9 Å². The van der Waals surface area contributed by atoms with Gasteiger partial charge in [-0.2, -0.15) is 0 Å². The molecule has 1 fully saturated rings. The van der Waals surface area contributed by atoms with Crippen LogP contribution < -0.4 is 22.1 Å². The minimum absolute atomic E-state index is 0.0127. The van der Waals surface area contributed by atoms with E-state index >= 15 is 0 Å². The van der Waals surface area contributed by atoms with Crippen molar-refractivity contribution in [2.24, 2.45) is 11.5 Å². The Labute approximate surface area is 203 Å². The van der Waals surface area contributed by atoms with Crippen LogP contribution in [0.15, 0.2) is 30.3 Å². The number of nitrogens with one attached hydrogen (secondary N) is 2. The molecule has 4 amide bonds. The van der Waals surface area contributed by atoms with E-state index in [2.05, 4.69) is 10.6 Å². The Morgan fingerprint density at radius 1 is 1.11 bits per heavy atom. The topological polar surface area (TPSA) is 205 Å². The fourth-order valence-electron chi connectivity index (χ4n) is 3.88. The number of likely N-dealkylation sites (tertiary alicyclic amines) is 1. The number of aliphatic carboxylic acids is 1. The molecule has 8 N–H and O–H groups in total. The van der Waals surface area contributed by atoms with Gasteiger partial charge < -0.3 is 37.2 Å². The lowest BCUT2D eigenvalue weighted by Crippen LogP contribution is -2.60. The number of carboxylic acid groups (broad SMARTS) is 1. The van der Waals surface area contributed by atoms with Crippen molar-refractivity contribution in [3.8, 4) is 0 Å². The lowest BCUT2D eigenvalue weighted by atomic mass is 10.0. The Morgan fingerprint density at radius 3 is 2.34 bits per heavy atom. The van der Waals surface area contributed by atoms with Gasteiger partial charge in [0, 0.05) is 19.4 Å². The Morgan fingerprint density at radius 2 is 1.77 bits per heavy atom. The summed E-state index contributed by atoms with van der Waals surface area (Å²) in [5.41, 5.74) is 11.6. The van der Waals surface area contributed by atoms with E-state index in [0.29, 0.717) is 12.0 Å². The van der Waals surface area contributed by atoms with Crippen LogP contribution in [0.2, 0.25) is 0 Å². The summed E-state index contributed by atoms with van der Waals surface area (Å²) in [4.78, 5) is 62.4. The minimum Gasteiger partial charge on any atom is -0.480 e. The smallest absolute Gasteiger partial charge is 0.326 e. The summed E-state index contributed by atoms with van der Waals surface area (Å²) in [5, 5.41) is 24.6. The van der Waals surface area contributed by atoms with E-state index in [4.69, 9.17) is 11.5 Å². The number of rotatable bonds is 12. The van der Waals surface area contributed by atoms with E-state index in [0.717, 1.165) is 4.90 Å². The van der Waals surface area contributed by atoms with E-state index in [-0.39, 0.29) is 32.2 Å². The summed E-state index contributed by atoms with van der Waals surface area (Å²) in [6, 6.07) is 4.09. The van der Waals surface area contributed by atoms with Crippen LogP contribution >= 0.6 is 0 Å². The Bertz CT molecular complexity index is 924. The van der Waals surface area contributed by atoms with Crippen molar-refractivity contribution in [1.82, 2.24) is 15.5 Å². The molecule has 0 saturated carbocycles. The number of aliphatic hydroxyl groups is 1. The van der Waals surface area contributed by atoms with Crippen LogP contribution in [0.25, 0.3) is 0 Å². The van der Waals surface area contributed by atoms with Gasteiger partial charge in [0.25, 0.3) is 0 Å². The highest BCUT2D eigenvalue weighted by atomic mass is 16.4. The molecule has 0 aromatic heterocycles. The summed E-state index contributed by atoms with van der Waals surface area (Å²) in [7, 11) is 0. The van der Waals surface area contributed by atoms with Gasteiger partial charge in [0.05, 0.1) is 12.1 Å². The van der Waals surface area contributed by atoms with Gasteiger partial charge in [-0.3, -0.25) is 19.2 Å². The molecule has 1 aliphatic heterocycles. The first kappa shape index (κ1) is 27.7. The molecular weight excluding hydrogens is 458 g/mol. The van der Waals surface area contributed by atoms with Crippen LogP contribution in [0.1, 0.15) is 38.2 Å². The Kier molecular flexibility index (Phi) is 10.2. The number of primary amides is 1. The molecule has 12 heteroatoms. The van der Waals surface area contributed by atoms with Crippen LogP contribution in [-0.4, -0.2) is 81.5 Å². The van der Waals surface area contributed by atoms with Crippen molar-refractivity contribution in [2.45, 2.75) is 69.3 Å². The molecule has 1 heterocycles. The Balaban J connectivity index is 2.19. The van der Waals surface area contributed by atoms with Crippen molar-refractivity contribution in [1.29, 1.82) is 0 Å². The van der Waals surface area contributed by atoms with Crippen LogP contribution in [-0.2, 0) is 30.4 Å². The number of aliphatic hydroxyl groups excluding tert-OH is 1. The summed E-state index contributed by atoms with van der Waals surface area (Å²) in [5.74, 6) is -3.94. The molecule has 5 atom stereocenters. The number of hydrogen-bond donors (Lipinski definition) is 6. The molecule has 0 aliphatic carbocycles. The molecule has 12 nitrogen and oxygen atoms in total. The van der Waals surface area contributed by atoms with Gasteiger partial charge in [-0.25, -0.2) is 4.79 Å². The number of hydrogen-bond acceptors (Lipinski definition) is 7. The van der Waals surface area contributed by atoms with Crippen LogP contribution in [0.4, 0.5) is 0 Å². The fraction of sp³-hybridized carbons (Fsp3) is 0.522. The fourth-order valence-corrected chi connectivity index (χ4v) is 3.88. The maximum absolute atomic E-state index is 13.2. The van der Waals surface area contributed by atoms with Crippen molar-refractivity contribution in [3.63, 3.8) is 0 Å². The first-order chi connectivity index (χ1) is 16.5. The predicted molar refractivity (Wildman–Crippen MR) is 124 cm³/mol. The third-order valence-electron chi connectivity index (χ3n) is 5.82. The molecule has 5 unspecified atom stereocenters. The number of nitrogens with two attached hydrogens (primary N) is 2. The van der Waals surface area contributed by atoms with Gasteiger partial charge in [0.2, 0.25) is 23.6 Å². The molecule has 0 radical (unpaired) electrons. The zero-order valence-corrected chi connectivity index (χ0v) is 19.6. The number of carboxylic acids is 1. The first-order valence-corrected chi connectivity index (χ1v) is 11.4. The summed E-state index contributed by atoms with van der Waals surface area (Å²) < 4.78 is 0. The monoisotopic (exact) mass is 491 g/mol. The highest BCUT2D eigenvalue weighted by molar-refractivity contribution is 5.94. The van der Waals surface area contributed by atoms with Gasteiger partial charge in [-0.15, -0.1) is 0 Å². The third-order valence-corrected chi connectivity index (χ3v) is 5.82. The molecule has 0 bridgehead atoms.